The van der Waals surface area contributed by atoms with Crippen molar-refractivity contribution in [3.63, 3.8) is 0 Å². The van der Waals surface area contributed by atoms with E-state index in [2.05, 4.69) is 15.1 Å². The standard InChI is InChI=1S/C12H11FN4O2/c1-7-2-3-8(13)10(4-7)19-11-6-15-9(5-16-11)12(14)17-18/h2-6,18H,1H3,(H2,14,17). The lowest BCUT2D eigenvalue weighted by Gasteiger charge is -2.06. The van der Waals surface area contributed by atoms with Crippen LogP contribution in [0.15, 0.2) is 35.7 Å². The number of ether oxygens (including phenoxy) is 1. The van der Waals surface area contributed by atoms with E-state index in [0.717, 1.165) is 5.56 Å². The molecule has 0 radical (unpaired) electrons. The Bertz CT molecular complexity index is 614. The molecule has 0 atom stereocenters. The van der Waals surface area contributed by atoms with E-state index in [1.54, 1.807) is 12.1 Å². The van der Waals surface area contributed by atoms with Gasteiger partial charge in [0.25, 0.3) is 0 Å². The summed E-state index contributed by atoms with van der Waals surface area (Å²) in [4.78, 5) is 7.76. The zero-order valence-electron chi connectivity index (χ0n) is 10.0. The van der Waals surface area contributed by atoms with Crippen molar-refractivity contribution in [3.05, 3.63) is 47.7 Å². The molecule has 0 unspecified atom stereocenters. The molecule has 0 aliphatic carbocycles. The van der Waals surface area contributed by atoms with Crippen molar-refractivity contribution in [1.29, 1.82) is 0 Å². The molecule has 0 saturated carbocycles. The van der Waals surface area contributed by atoms with E-state index in [-0.39, 0.29) is 23.2 Å². The number of halogens is 1. The molecule has 3 N–H and O–H groups in total. The summed E-state index contributed by atoms with van der Waals surface area (Å²) >= 11 is 0. The zero-order chi connectivity index (χ0) is 13.8. The molecule has 7 heteroatoms. The highest BCUT2D eigenvalue weighted by Crippen LogP contribution is 2.23. The summed E-state index contributed by atoms with van der Waals surface area (Å²) in [6, 6.07) is 4.49. The van der Waals surface area contributed by atoms with Gasteiger partial charge >= 0.3 is 0 Å². The Balaban J connectivity index is 2.22. The molecular weight excluding hydrogens is 251 g/mol. The summed E-state index contributed by atoms with van der Waals surface area (Å²) in [5.41, 5.74) is 6.39. The highest BCUT2D eigenvalue weighted by Gasteiger charge is 2.07. The number of amidine groups is 1. The maximum absolute atomic E-state index is 13.5. The molecule has 0 aliphatic heterocycles. The second-order valence-corrected chi connectivity index (χ2v) is 3.76. The molecule has 0 saturated heterocycles. The van der Waals surface area contributed by atoms with Crippen molar-refractivity contribution in [3.8, 4) is 11.6 Å². The zero-order valence-corrected chi connectivity index (χ0v) is 10.0. The molecular formula is C12H11FN4O2. The van der Waals surface area contributed by atoms with E-state index in [0.29, 0.717) is 0 Å². The van der Waals surface area contributed by atoms with Crippen LogP contribution in [0.3, 0.4) is 0 Å². The van der Waals surface area contributed by atoms with Gasteiger partial charge in [-0.25, -0.2) is 14.4 Å². The van der Waals surface area contributed by atoms with Crippen LogP contribution in [-0.2, 0) is 0 Å². The van der Waals surface area contributed by atoms with Gasteiger partial charge in [-0.2, -0.15) is 0 Å². The predicted octanol–water partition coefficient (Wildman–Crippen LogP) is 1.81. The Labute approximate surface area is 108 Å². The maximum Gasteiger partial charge on any atom is 0.238 e. The van der Waals surface area contributed by atoms with Crippen LogP contribution in [0.25, 0.3) is 0 Å². The minimum atomic E-state index is -0.493. The second-order valence-electron chi connectivity index (χ2n) is 3.76. The number of aryl methyl sites for hydroxylation is 1. The smallest absolute Gasteiger partial charge is 0.238 e. The van der Waals surface area contributed by atoms with Gasteiger partial charge in [-0.3, -0.25) is 0 Å². The van der Waals surface area contributed by atoms with E-state index in [1.165, 1.54) is 18.5 Å². The molecule has 2 aromatic rings. The lowest BCUT2D eigenvalue weighted by atomic mass is 10.2. The molecule has 2 rings (SSSR count). The fourth-order valence-electron chi connectivity index (χ4n) is 1.35. The van der Waals surface area contributed by atoms with E-state index in [4.69, 9.17) is 15.7 Å². The Kier molecular flexibility index (Phi) is 3.56. The molecule has 19 heavy (non-hydrogen) atoms. The average Bonchev–Trinajstić information content (AvgIpc) is 2.43. The van der Waals surface area contributed by atoms with Gasteiger partial charge in [0.15, 0.2) is 17.4 Å². The summed E-state index contributed by atoms with van der Waals surface area (Å²) in [6.45, 7) is 1.82. The highest BCUT2D eigenvalue weighted by atomic mass is 19.1. The quantitative estimate of drug-likeness (QED) is 0.381. The molecule has 0 amide bonds. The second kappa shape index (κ2) is 5.30. The summed E-state index contributed by atoms with van der Waals surface area (Å²) in [6.07, 6.45) is 2.52. The van der Waals surface area contributed by atoms with E-state index in [1.807, 2.05) is 6.92 Å². The number of benzene rings is 1. The van der Waals surface area contributed by atoms with Crippen molar-refractivity contribution in [2.24, 2.45) is 10.9 Å². The first-order valence-corrected chi connectivity index (χ1v) is 5.34. The number of rotatable bonds is 3. The van der Waals surface area contributed by atoms with Gasteiger partial charge in [0.2, 0.25) is 5.88 Å². The minimum Gasteiger partial charge on any atom is -0.434 e. The molecule has 0 aliphatic rings. The van der Waals surface area contributed by atoms with Gasteiger partial charge in [-0.15, -0.1) is 0 Å². The SMILES string of the molecule is Cc1ccc(F)c(Oc2cnc(C(N)=NO)cn2)c1. The number of oxime groups is 1. The topological polar surface area (TPSA) is 93.6 Å². The molecule has 98 valence electrons. The molecule has 1 aromatic carbocycles. The van der Waals surface area contributed by atoms with Crippen molar-refractivity contribution in [1.82, 2.24) is 9.97 Å². The largest absolute Gasteiger partial charge is 0.434 e. The Hall–Kier alpha value is -2.70. The lowest BCUT2D eigenvalue weighted by Crippen LogP contribution is -2.15. The number of nitrogens with zero attached hydrogens (tertiary/aromatic N) is 3. The van der Waals surface area contributed by atoms with Gasteiger partial charge in [0.05, 0.1) is 12.4 Å². The first-order chi connectivity index (χ1) is 9.10. The van der Waals surface area contributed by atoms with Crippen LogP contribution in [-0.4, -0.2) is 21.0 Å². The predicted molar refractivity (Wildman–Crippen MR) is 65.8 cm³/mol. The number of nitrogens with two attached hydrogens (primary N) is 1. The van der Waals surface area contributed by atoms with Crippen LogP contribution in [0.1, 0.15) is 11.3 Å². The Morgan fingerprint density at radius 3 is 2.79 bits per heavy atom. The van der Waals surface area contributed by atoms with Crippen LogP contribution >= 0.6 is 0 Å². The van der Waals surface area contributed by atoms with Crippen LogP contribution in [0, 0.1) is 12.7 Å². The Morgan fingerprint density at radius 2 is 2.16 bits per heavy atom. The van der Waals surface area contributed by atoms with Crippen LogP contribution < -0.4 is 10.5 Å². The van der Waals surface area contributed by atoms with Crippen molar-refractivity contribution >= 4 is 5.84 Å². The van der Waals surface area contributed by atoms with Gasteiger partial charge in [0.1, 0.15) is 5.69 Å². The van der Waals surface area contributed by atoms with Crippen molar-refractivity contribution < 1.29 is 14.3 Å². The highest BCUT2D eigenvalue weighted by molar-refractivity contribution is 5.94. The summed E-state index contributed by atoms with van der Waals surface area (Å²) in [7, 11) is 0. The summed E-state index contributed by atoms with van der Waals surface area (Å²) < 4.78 is 18.7. The fourth-order valence-corrected chi connectivity index (χ4v) is 1.35. The first-order valence-electron chi connectivity index (χ1n) is 5.34. The third-order valence-electron chi connectivity index (χ3n) is 2.30. The van der Waals surface area contributed by atoms with E-state index < -0.39 is 5.82 Å². The fraction of sp³-hybridized carbons (Fsp3) is 0.0833. The Morgan fingerprint density at radius 1 is 1.37 bits per heavy atom. The van der Waals surface area contributed by atoms with Crippen LogP contribution in [0.5, 0.6) is 11.6 Å². The van der Waals surface area contributed by atoms with Gasteiger partial charge in [-0.1, -0.05) is 11.2 Å². The minimum absolute atomic E-state index is 0.0610. The molecule has 1 aromatic heterocycles. The first kappa shape index (κ1) is 12.7. The summed E-state index contributed by atoms with van der Waals surface area (Å²) in [5.74, 6) is -0.487. The number of aromatic nitrogens is 2. The lowest BCUT2D eigenvalue weighted by molar-refractivity contribution is 0.318. The third-order valence-corrected chi connectivity index (χ3v) is 2.30. The van der Waals surface area contributed by atoms with E-state index in [9.17, 15) is 4.39 Å². The van der Waals surface area contributed by atoms with Crippen molar-refractivity contribution in [2.75, 3.05) is 0 Å². The third kappa shape index (κ3) is 2.95. The van der Waals surface area contributed by atoms with Gasteiger partial charge in [-0.05, 0) is 24.6 Å². The molecule has 0 bridgehead atoms. The van der Waals surface area contributed by atoms with E-state index >= 15 is 0 Å². The van der Waals surface area contributed by atoms with Gasteiger partial charge in [0, 0.05) is 0 Å². The monoisotopic (exact) mass is 262 g/mol. The molecule has 0 spiro atoms. The molecule has 6 nitrogen and oxygen atoms in total. The molecule has 0 fully saturated rings. The normalized spacial score (nSPS) is 11.4. The summed E-state index contributed by atoms with van der Waals surface area (Å²) in [5, 5.41) is 11.3. The van der Waals surface area contributed by atoms with Crippen LogP contribution in [0.2, 0.25) is 0 Å². The maximum atomic E-state index is 13.5. The number of hydrogen-bond donors (Lipinski definition) is 2. The molecule has 1 heterocycles. The number of hydrogen-bond acceptors (Lipinski definition) is 5. The van der Waals surface area contributed by atoms with Crippen LogP contribution in [0.4, 0.5) is 4.39 Å². The van der Waals surface area contributed by atoms with Crippen molar-refractivity contribution in [2.45, 2.75) is 6.92 Å². The average molecular weight is 262 g/mol. The van der Waals surface area contributed by atoms with Gasteiger partial charge < -0.3 is 15.7 Å².